The molecule has 0 aliphatic rings. The Hall–Kier alpha value is -2.89. The summed E-state index contributed by atoms with van der Waals surface area (Å²) in [5.74, 6) is -0.438. The molecule has 0 heterocycles. The first-order valence-corrected chi connectivity index (χ1v) is 11.9. The van der Waals surface area contributed by atoms with E-state index in [2.05, 4.69) is 69.3 Å². The van der Waals surface area contributed by atoms with Crippen molar-refractivity contribution in [2.75, 3.05) is 12.8 Å². The van der Waals surface area contributed by atoms with E-state index in [1.54, 1.807) is 12.1 Å². The van der Waals surface area contributed by atoms with Crippen LogP contribution in [0.25, 0.3) is 0 Å². The molecule has 0 bridgehead atoms. The van der Waals surface area contributed by atoms with Gasteiger partial charge in [-0.1, -0.05) is 87.5 Å². The largest absolute Gasteiger partial charge is 0.465 e. The summed E-state index contributed by atoms with van der Waals surface area (Å²) in [5, 5.41) is 2.35. The third-order valence-corrected chi connectivity index (χ3v) is 10.4. The lowest BCUT2D eigenvalue weighted by molar-refractivity contribution is 0.0602. The second kappa shape index (κ2) is 8.86. The summed E-state index contributed by atoms with van der Waals surface area (Å²) < 4.78 is 11.7. The van der Waals surface area contributed by atoms with Crippen LogP contribution in [0.15, 0.2) is 78.9 Å². The van der Waals surface area contributed by atoms with E-state index in [-0.39, 0.29) is 5.04 Å². The normalized spacial score (nSPS) is 11.9. The third-order valence-electron chi connectivity index (χ3n) is 5.39. The van der Waals surface area contributed by atoms with E-state index in [0.29, 0.717) is 17.9 Å². The van der Waals surface area contributed by atoms with Crippen LogP contribution in [-0.2, 0) is 15.8 Å². The van der Waals surface area contributed by atoms with E-state index < -0.39 is 14.3 Å². The first-order chi connectivity index (χ1) is 14.3. The molecule has 0 saturated heterocycles. The van der Waals surface area contributed by atoms with Gasteiger partial charge in [-0.2, -0.15) is 0 Å². The summed E-state index contributed by atoms with van der Waals surface area (Å²) in [6, 6.07) is 26.4. The average Bonchev–Trinajstić information content (AvgIpc) is 2.74. The van der Waals surface area contributed by atoms with Crippen LogP contribution in [0.1, 0.15) is 36.7 Å². The van der Waals surface area contributed by atoms with Crippen molar-refractivity contribution in [2.24, 2.45) is 0 Å². The number of carbonyl (C=O) groups is 1. The highest BCUT2D eigenvalue weighted by atomic mass is 28.4. The maximum absolute atomic E-state index is 11.8. The standard InChI is InChI=1S/C25H29NO3Si/c1-25(2,3)30(20-11-7-5-8-12-20,21-13-9-6-10-14-21)29-18-19-15-16-22(23(26)17-19)24(27)28-4/h5-17H,18,26H2,1-4H3. The van der Waals surface area contributed by atoms with E-state index >= 15 is 0 Å². The lowest BCUT2D eigenvalue weighted by Crippen LogP contribution is -2.66. The van der Waals surface area contributed by atoms with Crippen LogP contribution in [0.2, 0.25) is 5.04 Å². The van der Waals surface area contributed by atoms with Gasteiger partial charge >= 0.3 is 5.97 Å². The Morgan fingerprint density at radius 2 is 1.43 bits per heavy atom. The van der Waals surface area contributed by atoms with Gasteiger partial charge in [0.2, 0.25) is 0 Å². The van der Waals surface area contributed by atoms with Crippen molar-refractivity contribution in [3.63, 3.8) is 0 Å². The fourth-order valence-electron chi connectivity index (χ4n) is 3.95. The van der Waals surface area contributed by atoms with Gasteiger partial charge in [0.25, 0.3) is 8.32 Å². The van der Waals surface area contributed by atoms with E-state index in [9.17, 15) is 4.79 Å². The molecular weight excluding hydrogens is 390 g/mol. The zero-order valence-electron chi connectivity index (χ0n) is 18.0. The van der Waals surface area contributed by atoms with Gasteiger partial charge in [-0.25, -0.2) is 4.79 Å². The fourth-order valence-corrected chi connectivity index (χ4v) is 8.49. The number of benzene rings is 3. The molecule has 0 unspecified atom stereocenters. The molecule has 4 nitrogen and oxygen atoms in total. The first-order valence-electron chi connectivity index (χ1n) is 10.0. The molecule has 0 radical (unpaired) electrons. The molecule has 156 valence electrons. The maximum atomic E-state index is 11.8. The van der Waals surface area contributed by atoms with Gasteiger partial charge in [0.05, 0.1) is 19.3 Å². The summed E-state index contributed by atoms with van der Waals surface area (Å²) >= 11 is 0. The minimum atomic E-state index is -2.62. The number of ether oxygens (including phenoxy) is 1. The van der Waals surface area contributed by atoms with Crippen LogP contribution in [0.4, 0.5) is 5.69 Å². The number of carbonyl (C=O) groups excluding carboxylic acids is 1. The van der Waals surface area contributed by atoms with Gasteiger partial charge in [0, 0.05) is 5.69 Å². The lowest BCUT2D eigenvalue weighted by atomic mass is 10.1. The van der Waals surface area contributed by atoms with Crippen LogP contribution in [-0.4, -0.2) is 21.4 Å². The number of nitrogen functional groups attached to an aromatic ring is 1. The summed E-state index contributed by atoms with van der Waals surface area (Å²) in [5.41, 5.74) is 7.79. The van der Waals surface area contributed by atoms with Crippen molar-refractivity contribution in [2.45, 2.75) is 32.4 Å². The Kier molecular flexibility index (Phi) is 6.44. The Bertz CT molecular complexity index is 958. The zero-order chi connectivity index (χ0) is 21.8. The molecule has 0 fully saturated rings. The van der Waals surface area contributed by atoms with Crippen molar-refractivity contribution in [1.82, 2.24) is 0 Å². The quantitative estimate of drug-likeness (QED) is 0.371. The highest BCUT2D eigenvalue weighted by Gasteiger charge is 2.50. The highest BCUT2D eigenvalue weighted by Crippen LogP contribution is 2.37. The molecule has 0 spiro atoms. The predicted molar refractivity (Wildman–Crippen MR) is 125 cm³/mol. The Morgan fingerprint density at radius 3 is 1.87 bits per heavy atom. The Morgan fingerprint density at radius 1 is 0.900 bits per heavy atom. The minimum absolute atomic E-state index is 0.104. The molecule has 3 aromatic rings. The number of rotatable bonds is 6. The van der Waals surface area contributed by atoms with Crippen molar-refractivity contribution in [3.05, 3.63) is 90.0 Å². The molecule has 0 atom stereocenters. The molecule has 30 heavy (non-hydrogen) atoms. The van der Waals surface area contributed by atoms with Gasteiger partial charge in [-0.3, -0.25) is 0 Å². The van der Waals surface area contributed by atoms with E-state index in [0.717, 1.165) is 5.56 Å². The average molecular weight is 420 g/mol. The SMILES string of the molecule is COC(=O)c1ccc(CO[Si](c2ccccc2)(c2ccccc2)C(C)(C)C)cc1N. The van der Waals surface area contributed by atoms with Crippen LogP contribution in [0.5, 0.6) is 0 Å². The molecule has 3 rings (SSSR count). The fraction of sp³-hybridized carbons (Fsp3) is 0.240. The topological polar surface area (TPSA) is 61.5 Å². The summed E-state index contributed by atoms with van der Waals surface area (Å²) in [4.78, 5) is 11.8. The smallest absolute Gasteiger partial charge is 0.339 e. The maximum Gasteiger partial charge on any atom is 0.339 e. The number of esters is 1. The van der Waals surface area contributed by atoms with Gasteiger partial charge in [-0.05, 0) is 33.1 Å². The summed E-state index contributed by atoms with van der Waals surface area (Å²) in [6.07, 6.45) is 0. The minimum Gasteiger partial charge on any atom is -0.465 e. The Labute approximate surface area is 179 Å². The predicted octanol–water partition coefficient (Wildman–Crippen LogP) is 4.13. The molecule has 0 aliphatic carbocycles. The molecule has 0 saturated carbocycles. The van der Waals surface area contributed by atoms with E-state index in [1.807, 2.05) is 18.2 Å². The second-order valence-electron chi connectivity index (χ2n) is 8.37. The Balaban J connectivity index is 2.04. The molecule has 2 N–H and O–H groups in total. The molecule has 3 aromatic carbocycles. The summed E-state index contributed by atoms with van der Waals surface area (Å²) in [6.45, 7) is 7.13. The number of hydrogen-bond acceptors (Lipinski definition) is 4. The highest BCUT2D eigenvalue weighted by molar-refractivity contribution is 6.99. The third kappa shape index (κ3) is 4.18. The first kappa shape index (κ1) is 21.8. The number of nitrogens with two attached hydrogens (primary N) is 1. The number of anilines is 1. The molecular formula is C25H29NO3Si. The molecule has 0 aliphatic heterocycles. The second-order valence-corrected chi connectivity index (χ2v) is 12.7. The van der Waals surface area contributed by atoms with Gasteiger partial charge < -0.3 is 14.9 Å². The van der Waals surface area contributed by atoms with Crippen molar-refractivity contribution < 1.29 is 14.0 Å². The van der Waals surface area contributed by atoms with Gasteiger partial charge in [0.15, 0.2) is 0 Å². The van der Waals surface area contributed by atoms with Crippen molar-refractivity contribution in [1.29, 1.82) is 0 Å². The summed E-state index contributed by atoms with van der Waals surface area (Å²) in [7, 11) is -1.28. The van der Waals surface area contributed by atoms with Gasteiger partial charge in [-0.15, -0.1) is 0 Å². The number of methoxy groups -OCH3 is 1. The van der Waals surface area contributed by atoms with Crippen LogP contribution in [0, 0.1) is 0 Å². The zero-order valence-corrected chi connectivity index (χ0v) is 19.0. The van der Waals surface area contributed by atoms with Crippen LogP contribution < -0.4 is 16.1 Å². The molecule has 5 heteroatoms. The molecule has 0 amide bonds. The van der Waals surface area contributed by atoms with Crippen molar-refractivity contribution in [3.8, 4) is 0 Å². The van der Waals surface area contributed by atoms with E-state index in [1.165, 1.54) is 17.5 Å². The van der Waals surface area contributed by atoms with Crippen molar-refractivity contribution >= 4 is 30.3 Å². The number of hydrogen-bond donors (Lipinski definition) is 1. The van der Waals surface area contributed by atoms with Gasteiger partial charge in [0.1, 0.15) is 0 Å². The lowest BCUT2D eigenvalue weighted by Gasteiger charge is -2.43. The molecule has 0 aromatic heterocycles. The monoisotopic (exact) mass is 419 g/mol. The van der Waals surface area contributed by atoms with E-state index in [4.69, 9.17) is 14.9 Å². The van der Waals surface area contributed by atoms with Crippen LogP contribution in [0.3, 0.4) is 0 Å². The van der Waals surface area contributed by atoms with Crippen LogP contribution >= 0.6 is 0 Å².